The van der Waals surface area contributed by atoms with Crippen LogP contribution in [0.1, 0.15) is 0 Å². The van der Waals surface area contributed by atoms with E-state index in [0.717, 1.165) is 144 Å². The normalized spacial score (nSPS) is 11.4. The van der Waals surface area contributed by atoms with Crippen molar-refractivity contribution in [2.75, 3.05) is 0 Å². The number of para-hydroxylation sites is 4. The van der Waals surface area contributed by atoms with E-state index in [1.807, 2.05) is 246 Å². The van der Waals surface area contributed by atoms with Crippen LogP contribution in [-0.4, -0.2) is 78.5 Å². The van der Waals surface area contributed by atoms with Gasteiger partial charge < -0.3 is 4.98 Å². The van der Waals surface area contributed by atoms with Crippen molar-refractivity contribution in [3.8, 4) is 108 Å². The molecule has 0 saturated heterocycles. The second-order valence-corrected chi connectivity index (χ2v) is 27.4. The van der Waals surface area contributed by atoms with E-state index in [1.54, 1.807) is 6.20 Å². The molecule has 0 aliphatic heterocycles. The molecule has 0 bridgehead atoms. The molecule has 22 aromatic rings. The fourth-order valence-electron chi connectivity index (χ4n) is 14.9. The number of hydrogen-bond donors (Lipinski definition) is 1. The zero-order valence-electron chi connectivity index (χ0n) is 60.2. The Morgan fingerprint density at radius 3 is 1.18 bits per heavy atom. The Balaban J connectivity index is 0.000000123. The van der Waals surface area contributed by atoms with Gasteiger partial charge in [0, 0.05) is 118 Å². The second kappa shape index (κ2) is 29.0. The number of fused-ring (bicyclic) bond motifs is 12. The van der Waals surface area contributed by atoms with E-state index in [1.165, 1.54) is 10.8 Å². The van der Waals surface area contributed by atoms with Crippen LogP contribution in [-0.2, 0) is 0 Å². The summed E-state index contributed by atoms with van der Waals surface area (Å²) in [5.41, 5.74) is 19.4. The van der Waals surface area contributed by atoms with Gasteiger partial charge in [0.25, 0.3) is 0 Å². The van der Waals surface area contributed by atoms with Gasteiger partial charge in [0.05, 0.1) is 61.4 Å². The van der Waals surface area contributed by atoms with E-state index in [-0.39, 0.29) is 5.28 Å². The number of halogens is 1. The van der Waals surface area contributed by atoms with E-state index < -0.39 is 0 Å². The molecule has 12 aromatic carbocycles. The minimum absolute atomic E-state index is 0.257. The van der Waals surface area contributed by atoms with Gasteiger partial charge >= 0.3 is 0 Å². The third-order valence-corrected chi connectivity index (χ3v) is 20.4. The summed E-state index contributed by atoms with van der Waals surface area (Å²) in [7, 11) is 0. The van der Waals surface area contributed by atoms with Gasteiger partial charge in [-0.25, -0.2) is 29.9 Å². The smallest absolute Gasteiger partial charge is 0.238 e. The number of hydrogen-bond acceptors (Lipinski definition) is 12. The lowest BCUT2D eigenvalue weighted by molar-refractivity contribution is 0.933. The molecule has 1 N–H and O–H groups in total. The summed E-state index contributed by atoms with van der Waals surface area (Å²) in [4.78, 5) is 61.3. The summed E-state index contributed by atoms with van der Waals surface area (Å²) in [6.45, 7) is 0. The van der Waals surface area contributed by atoms with E-state index in [2.05, 4.69) is 151 Å². The van der Waals surface area contributed by atoms with Crippen molar-refractivity contribution in [2.45, 2.75) is 0 Å². The van der Waals surface area contributed by atoms with Gasteiger partial charge in [-0.1, -0.05) is 267 Å². The number of rotatable bonds is 11. The fraction of sp³-hybridized carbons (Fsp3) is 0. The lowest BCUT2D eigenvalue weighted by Gasteiger charge is -2.13. The Kier molecular flexibility index (Phi) is 17.2. The first kappa shape index (κ1) is 67.0. The first-order valence-electron chi connectivity index (χ1n) is 36.9. The van der Waals surface area contributed by atoms with Crippen molar-refractivity contribution < 1.29 is 0 Å². The molecule has 0 atom stereocenters. The molecule has 0 saturated carbocycles. The lowest BCUT2D eigenvalue weighted by atomic mass is 10.0. The predicted octanol–water partition coefficient (Wildman–Crippen LogP) is 22.7. The van der Waals surface area contributed by atoms with Crippen LogP contribution in [0.2, 0.25) is 5.28 Å². The Morgan fingerprint density at radius 1 is 0.248 bits per heavy atom. The monoisotopic (exact) mass is 1470 g/mol. The molecule has 0 aliphatic carbocycles. The summed E-state index contributed by atoms with van der Waals surface area (Å²) in [5.74, 6) is 4.24. The number of H-pyrrole nitrogens is 1. The lowest BCUT2D eigenvalue weighted by Crippen LogP contribution is -2.06. The maximum absolute atomic E-state index is 6.07. The molecule has 17 heteroatoms. The molecule has 113 heavy (non-hydrogen) atoms. The maximum atomic E-state index is 6.07. The van der Waals surface area contributed by atoms with E-state index in [4.69, 9.17) is 51.5 Å². The van der Waals surface area contributed by atoms with Crippen LogP contribution in [0.3, 0.4) is 0 Å². The van der Waals surface area contributed by atoms with E-state index in [0.29, 0.717) is 41.1 Å². The predicted molar refractivity (Wildman–Crippen MR) is 454 cm³/mol. The average molecular weight is 1470 g/mol. The highest BCUT2D eigenvalue weighted by Crippen LogP contribution is 2.40. The van der Waals surface area contributed by atoms with Gasteiger partial charge in [-0.3, -0.25) is 23.7 Å². The quantitative estimate of drug-likeness (QED) is 0.121. The van der Waals surface area contributed by atoms with Crippen molar-refractivity contribution in [2.24, 2.45) is 0 Å². The van der Waals surface area contributed by atoms with Crippen LogP contribution in [0.15, 0.2) is 365 Å². The highest BCUT2D eigenvalue weighted by atomic mass is 35.5. The zero-order chi connectivity index (χ0) is 75.1. The van der Waals surface area contributed by atoms with Crippen LogP contribution >= 0.6 is 11.6 Å². The van der Waals surface area contributed by atoms with Crippen molar-refractivity contribution in [1.82, 2.24) is 78.5 Å². The number of pyridine rings is 2. The fourth-order valence-corrected chi connectivity index (χ4v) is 15.1. The van der Waals surface area contributed by atoms with Crippen LogP contribution in [0.25, 0.3) is 196 Å². The molecule has 0 fully saturated rings. The largest absolute Gasteiger partial charge is 0.354 e. The van der Waals surface area contributed by atoms with Gasteiger partial charge in [-0.2, -0.15) is 19.9 Å². The highest BCUT2D eigenvalue weighted by Gasteiger charge is 2.23. The Bertz CT molecular complexity index is 7170. The first-order valence-corrected chi connectivity index (χ1v) is 37.3. The molecule has 10 aromatic heterocycles. The molecule has 532 valence electrons. The SMILES string of the molecule is Clc1nc(-c2ccc(-c3ccccn3)cc2)c2ccccc2n1.c1ccc(-c2nc(-c3ccccc3)nc(-n3ccc4c3ccc3c5ccccc5n(-c5nc(-c6ccc(-c7ccccn7)cc6)c6ccccc6n5)c34)n2)cc1.c1ccc(-c2nc(-c3ccccc3)nc(-n3ccc4c5[nH]c6ccccc6c5ccc43)n2)cc1. The van der Waals surface area contributed by atoms with E-state index >= 15 is 0 Å². The molecule has 0 unspecified atom stereocenters. The number of benzene rings is 12. The van der Waals surface area contributed by atoms with Crippen LogP contribution in [0, 0.1) is 0 Å². The summed E-state index contributed by atoms with van der Waals surface area (Å²) < 4.78 is 6.29. The minimum Gasteiger partial charge on any atom is -0.354 e. The summed E-state index contributed by atoms with van der Waals surface area (Å²) in [6.07, 6.45) is 7.69. The van der Waals surface area contributed by atoms with Crippen LogP contribution in [0.5, 0.6) is 0 Å². The van der Waals surface area contributed by atoms with Crippen molar-refractivity contribution in [3.63, 3.8) is 0 Å². The summed E-state index contributed by atoms with van der Waals surface area (Å²) in [6, 6.07) is 114. The van der Waals surface area contributed by atoms with E-state index in [9.17, 15) is 0 Å². The Morgan fingerprint density at radius 2 is 0.664 bits per heavy atom. The molecular weight excluding hydrogens is 1410 g/mol. The second-order valence-electron chi connectivity index (χ2n) is 27.1. The average Bonchev–Trinajstić information content (AvgIpc) is 1.57. The third kappa shape index (κ3) is 12.7. The maximum Gasteiger partial charge on any atom is 0.238 e. The van der Waals surface area contributed by atoms with Crippen molar-refractivity contribution in [1.29, 1.82) is 0 Å². The first-order chi connectivity index (χ1) is 55.9. The molecule has 0 amide bonds. The van der Waals surface area contributed by atoms with Gasteiger partial charge in [-0.15, -0.1) is 0 Å². The molecule has 22 rings (SSSR count). The highest BCUT2D eigenvalue weighted by molar-refractivity contribution is 6.29. The number of nitrogens with zero attached hydrogens (tertiary/aromatic N) is 15. The van der Waals surface area contributed by atoms with Crippen molar-refractivity contribution >= 4 is 98.8 Å². The molecular formula is C96H61ClN16. The molecule has 0 spiro atoms. The summed E-state index contributed by atoms with van der Waals surface area (Å²) >= 11 is 6.07. The zero-order valence-corrected chi connectivity index (χ0v) is 61.0. The molecule has 16 nitrogen and oxygen atoms in total. The number of nitrogens with one attached hydrogen (secondary N) is 1. The summed E-state index contributed by atoms with van der Waals surface area (Å²) in [5, 5.41) is 9.06. The number of aromatic nitrogens is 16. The van der Waals surface area contributed by atoms with Gasteiger partial charge in [0.15, 0.2) is 23.3 Å². The Hall–Kier alpha value is -15.4. The molecule has 10 heterocycles. The van der Waals surface area contributed by atoms with Gasteiger partial charge in [-0.05, 0) is 84.4 Å². The molecule has 0 radical (unpaired) electrons. The van der Waals surface area contributed by atoms with Gasteiger partial charge in [0.2, 0.25) is 23.1 Å². The third-order valence-electron chi connectivity index (χ3n) is 20.3. The molecule has 0 aliphatic rings. The minimum atomic E-state index is 0.257. The van der Waals surface area contributed by atoms with Crippen molar-refractivity contribution in [3.05, 3.63) is 370 Å². The number of aromatic amines is 1. The van der Waals surface area contributed by atoms with Crippen LogP contribution in [0.4, 0.5) is 0 Å². The standard InChI is InChI=1S/C48H30N8.C29H19N5.C19H12ClN3/c1-3-13-33(14-4-1)45-52-46(34-15-5-2-6-16-34)54-47(53-45)55-30-28-38-41(55)27-26-36-35-17-8-10-21-42(35)56(44(36)38)48-50-40-20-9-7-18-37(40)43(51-48)32-24-22-31(23-25-32)39-19-11-12-29-49-39;1-3-9-19(10-4-1)27-31-28(20-11-5-2-6-12-20)33-29(32-27)34-18-17-23-25(34)16-15-22-21-13-7-8-14-24(21)30-26(22)23;20-19-22-17-7-2-1-5-15(17)18(23-19)14-10-8-13(9-11-14)16-6-3-4-12-21-16/h1-30H;1-18,30H;1-12H. The topological polar surface area (TPSA) is 185 Å². The Labute approximate surface area is 651 Å². The van der Waals surface area contributed by atoms with Gasteiger partial charge in [0.1, 0.15) is 0 Å². The van der Waals surface area contributed by atoms with Crippen LogP contribution < -0.4 is 0 Å².